The van der Waals surface area contributed by atoms with E-state index in [1.807, 2.05) is 0 Å². The summed E-state index contributed by atoms with van der Waals surface area (Å²) < 4.78 is 5.16. The molecular formula is C11H16ClN3O. The van der Waals surface area contributed by atoms with Crippen LogP contribution in [0.1, 0.15) is 20.3 Å². The quantitative estimate of drug-likeness (QED) is 0.824. The minimum absolute atomic E-state index is 0.343. The van der Waals surface area contributed by atoms with E-state index < -0.39 is 0 Å². The molecule has 1 fully saturated rings. The summed E-state index contributed by atoms with van der Waals surface area (Å²) in [7, 11) is 1.57. The molecule has 1 atom stereocenters. The molecule has 1 saturated carbocycles. The summed E-state index contributed by atoms with van der Waals surface area (Å²) >= 11 is 5.90. The van der Waals surface area contributed by atoms with Crippen LogP contribution in [0.5, 0.6) is 5.75 Å². The van der Waals surface area contributed by atoms with Gasteiger partial charge in [-0.15, -0.1) is 0 Å². The third kappa shape index (κ3) is 2.21. The topological polar surface area (TPSA) is 47.0 Å². The SMILES string of the molecule is COc1c(Cl)ncnc1NCC1CC1(C)C. The van der Waals surface area contributed by atoms with Gasteiger partial charge in [0.25, 0.3) is 0 Å². The van der Waals surface area contributed by atoms with Gasteiger partial charge in [-0.1, -0.05) is 25.4 Å². The van der Waals surface area contributed by atoms with Crippen molar-refractivity contribution in [1.29, 1.82) is 0 Å². The molecule has 5 heteroatoms. The lowest BCUT2D eigenvalue weighted by Crippen LogP contribution is -2.10. The van der Waals surface area contributed by atoms with E-state index in [1.54, 1.807) is 7.11 Å². The Morgan fingerprint density at radius 3 is 2.81 bits per heavy atom. The van der Waals surface area contributed by atoms with E-state index in [1.165, 1.54) is 12.7 Å². The molecule has 1 N–H and O–H groups in total. The molecule has 1 aliphatic carbocycles. The van der Waals surface area contributed by atoms with Gasteiger partial charge in [-0.05, 0) is 17.8 Å². The largest absolute Gasteiger partial charge is 0.490 e. The molecular weight excluding hydrogens is 226 g/mol. The smallest absolute Gasteiger partial charge is 0.198 e. The first-order chi connectivity index (χ1) is 7.54. The highest BCUT2D eigenvalue weighted by Gasteiger charge is 2.45. The number of methoxy groups -OCH3 is 1. The van der Waals surface area contributed by atoms with Crippen molar-refractivity contribution in [2.75, 3.05) is 19.0 Å². The normalized spacial score (nSPS) is 21.6. The maximum atomic E-state index is 5.90. The van der Waals surface area contributed by atoms with E-state index in [2.05, 4.69) is 29.1 Å². The van der Waals surface area contributed by atoms with Crippen molar-refractivity contribution < 1.29 is 4.74 Å². The zero-order chi connectivity index (χ0) is 11.8. The van der Waals surface area contributed by atoms with Crippen LogP contribution in [-0.2, 0) is 0 Å². The van der Waals surface area contributed by atoms with Crippen molar-refractivity contribution in [2.24, 2.45) is 11.3 Å². The van der Waals surface area contributed by atoms with Gasteiger partial charge in [0.1, 0.15) is 6.33 Å². The minimum atomic E-state index is 0.343. The summed E-state index contributed by atoms with van der Waals surface area (Å²) in [4.78, 5) is 8.00. The van der Waals surface area contributed by atoms with Crippen molar-refractivity contribution in [3.8, 4) is 5.75 Å². The second-order valence-corrected chi connectivity index (χ2v) is 5.17. The molecule has 1 aliphatic rings. The van der Waals surface area contributed by atoms with Gasteiger partial charge in [0.2, 0.25) is 0 Å². The number of nitrogens with one attached hydrogen (secondary N) is 1. The summed E-state index contributed by atoms with van der Waals surface area (Å²) in [5.41, 5.74) is 0.455. The number of rotatable bonds is 4. The number of hydrogen-bond donors (Lipinski definition) is 1. The summed E-state index contributed by atoms with van der Waals surface area (Å²) in [6, 6.07) is 0. The number of halogens is 1. The van der Waals surface area contributed by atoms with Gasteiger partial charge < -0.3 is 10.1 Å². The molecule has 1 unspecified atom stereocenters. The molecule has 16 heavy (non-hydrogen) atoms. The monoisotopic (exact) mass is 241 g/mol. The summed E-state index contributed by atoms with van der Waals surface area (Å²) in [6.07, 6.45) is 2.69. The fourth-order valence-corrected chi connectivity index (χ4v) is 2.01. The first-order valence-electron chi connectivity index (χ1n) is 5.33. The number of aromatic nitrogens is 2. The molecule has 0 aliphatic heterocycles. The molecule has 0 bridgehead atoms. The van der Waals surface area contributed by atoms with Crippen LogP contribution in [0.25, 0.3) is 0 Å². The third-order valence-corrected chi connectivity index (χ3v) is 3.47. The number of ether oxygens (including phenoxy) is 1. The molecule has 0 spiro atoms. The highest BCUT2D eigenvalue weighted by molar-refractivity contribution is 6.31. The molecule has 88 valence electrons. The lowest BCUT2D eigenvalue weighted by atomic mass is 10.1. The van der Waals surface area contributed by atoms with Crippen LogP contribution < -0.4 is 10.1 Å². The van der Waals surface area contributed by atoms with E-state index in [4.69, 9.17) is 16.3 Å². The highest BCUT2D eigenvalue weighted by Crippen LogP contribution is 2.51. The second kappa shape index (κ2) is 4.09. The first kappa shape index (κ1) is 11.5. The fraction of sp³-hybridized carbons (Fsp3) is 0.636. The van der Waals surface area contributed by atoms with Gasteiger partial charge in [-0.3, -0.25) is 0 Å². The number of anilines is 1. The van der Waals surface area contributed by atoms with Gasteiger partial charge in [-0.25, -0.2) is 9.97 Å². The molecule has 0 saturated heterocycles. The number of nitrogens with zero attached hydrogens (tertiary/aromatic N) is 2. The van der Waals surface area contributed by atoms with Gasteiger partial charge in [0, 0.05) is 6.54 Å². The summed E-state index contributed by atoms with van der Waals surface area (Å²) in [6.45, 7) is 5.43. The Hall–Kier alpha value is -1.03. The molecule has 0 aromatic carbocycles. The zero-order valence-electron chi connectivity index (χ0n) is 9.75. The van der Waals surface area contributed by atoms with Crippen LogP contribution in [0, 0.1) is 11.3 Å². The van der Waals surface area contributed by atoms with Crippen LogP contribution >= 0.6 is 11.6 Å². The van der Waals surface area contributed by atoms with Gasteiger partial charge in [0.15, 0.2) is 16.7 Å². The minimum Gasteiger partial charge on any atom is -0.490 e. The molecule has 0 amide bonds. The first-order valence-corrected chi connectivity index (χ1v) is 5.71. The standard InChI is InChI=1S/C11H16ClN3O/c1-11(2)4-7(11)5-13-10-8(16-3)9(12)14-6-15-10/h6-7H,4-5H2,1-3H3,(H,13,14,15). The summed E-state index contributed by atoms with van der Waals surface area (Å²) in [5.74, 6) is 1.89. The Kier molecular flexibility index (Phi) is 2.93. The second-order valence-electron chi connectivity index (χ2n) is 4.82. The van der Waals surface area contributed by atoms with Gasteiger partial charge >= 0.3 is 0 Å². The Labute approximate surface area is 100 Å². The fourth-order valence-electron chi connectivity index (χ4n) is 1.80. The van der Waals surface area contributed by atoms with Crippen LogP contribution in [0.15, 0.2) is 6.33 Å². The van der Waals surface area contributed by atoms with Gasteiger partial charge in [0.05, 0.1) is 7.11 Å². The van der Waals surface area contributed by atoms with E-state index in [-0.39, 0.29) is 0 Å². The van der Waals surface area contributed by atoms with E-state index in [0.717, 1.165) is 6.54 Å². The zero-order valence-corrected chi connectivity index (χ0v) is 10.5. The predicted molar refractivity (Wildman–Crippen MR) is 64.0 cm³/mol. The highest BCUT2D eigenvalue weighted by atomic mass is 35.5. The maximum absolute atomic E-state index is 5.90. The molecule has 4 nitrogen and oxygen atoms in total. The number of hydrogen-bond acceptors (Lipinski definition) is 4. The Bertz CT molecular complexity index is 395. The molecule has 1 heterocycles. The predicted octanol–water partition coefficient (Wildman–Crippen LogP) is 2.60. The summed E-state index contributed by atoms with van der Waals surface area (Å²) in [5, 5.41) is 3.60. The van der Waals surface area contributed by atoms with Crippen LogP contribution in [0.4, 0.5) is 5.82 Å². The molecule has 2 rings (SSSR count). The Morgan fingerprint density at radius 2 is 2.25 bits per heavy atom. The van der Waals surface area contributed by atoms with E-state index >= 15 is 0 Å². The lowest BCUT2D eigenvalue weighted by molar-refractivity contribution is 0.412. The molecule has 0 radical (unpaired) electrons. The molecule has 1 aromatic heterocycles. The van der Waals surface area contributed by atoms with Crippen molar-refractivity contribution >= 4 is 17.4 Å². The van der Waals surface area contributed by atoms with Gasteiger partial charge in [-0.2, -0.15) is 0 Å². The van der Waals surface area contributed by atoms with Crippen molar-refractivity contribution in [3.05, 3.63) is 11.5 Å². The maximum Gasteiger partial charge on any atom is 0.198 e. The Balaban J connectivity index is 2.02. The van der Waals surface area contributed by atoms with Crippen LogP contribution in [-0.4, -0.2) is 23.6 Å². The lowest BCUT2D eigenvalue weighted by Gasteiger charge is -2.10. The van der Waals surface area contributed by atoms with Crippen molar-refractivity contribution in [1.82, 2.24) is 9.97 Å². The van der Waals surface area contributed by atoms with E-state index in [9.17, 15) is 0 Å². The van der Waals surface area contributed by atoms with Crippen LogP contribution in [0.2, 0.25) is 5.15 Å². The van der Waals surface area contributed by atoms with Crippen LogP contribution in [0.3, 0.4) is 0 Å². The third-order valence-electron chi connectivity index (χ3n) is 3.20. The molecule has 1 aromatic rings. The van der Waals surface area contributed by atoms with E-state index in [0.29, 0.717) is 28.1 Å². The average molecular weight is 242 g/mol. The average Bonchev–Trinajstić information content (AvgIpc) is 2.83. The van der Waals surface area contributed by atoms with Crippen molar-refractivity contribution in [3.63, 3.8) is 0 Å². The van der Waals surface area contributed by atoms with Crippen molar-refractivity contribution in [2.45, 2.75) is 20.3 Å². The Morgan fingerprint density at radius 1 is 1.56 bits per heavy atom.